The lowest BCUT2D eigenvalue weighted by atomic mass is 10.2. The molecule has 1 rings (SSSR count). The summed E-state index contributed by atoms with van der Waals surface area (Å²) in [6, 6.07) is 3.65. The van der Waals surface area contributed by atoms with Crippen LogP contribution in [-0.4, -0.2) is 16.2 Å². The number of hydrogen-bond donors (Lipinski definition) is 2. The first kappa shape index (κ1) is 8.56. The van der Waals surface area contributed by atoms with Gasteiger partial charge in [-0.2, -0.15) is 0 Å². The monoisotopic (exact) mass is 168 g/mol. The van der Waals surface area contributed by atoms with Gasteiger partial charge in [0.15, 0.2) is 0 Å². The number of thiol groups is 1. The van der Waals surface area contributed by atoms with E-state index in [1.54, 1.807) is 12.3 Å². The number of aliphatic hydroxyl groups is 1. The normalized spacial score (nSPS) is 13.0. The molecule has 2 nitrogen and oxygen atoms in total. The third-order valence-electron chi connectivity index (χ3n) is 1.30. The second kappa shape index (κ2) is 3.74. The molecule has 1 radical (unpaired) electrons. The lowest BCUT2D eigenvalue weighted by Gasteiger charge is -2.04. The van der Waals surface area contributed by atoms with Crippen molar-refractivity contribution in [2.24, 2.45) is 0 Å². The smallest absolute Gasteiger partial charge is 0.0597 e. The molecule has 1 aromatic heterocycles. The summed E-state index contributed by atoms with van der Waals surface area (Å²) in [7, 11) is 0. The van der Waals surface area contributed by atoms with Gasteiger partial charge in [0.25, 0.3) is 0 Å². The van der Waals surface area contributed by atoms with Crippen molar-refractivity contribution in [2.45, 2.75) is 17.4 Å². The summed E-state index contributed by atoms with van der Waals surface area (Å²) in [6.45, 7) is 3.46. The molecule has 0 fully saturated rings. The maximum Gasteiger partial charge on any atom is 0.0597 e. The van der Waals surface area contributed by atoms with Gasteiger partial charge in [-0.1, -0.05) is 0 Å². The van der Waals surface area contributed by atoms with E-state index in [0.717, 1.165) is 10.6 Å². The molecule has 0 bridgehead atoms. The van der Waals surface area contributed by atoms with Crippen LogP contribution >= 0.6 is 12.6 Å². The average molecular weight is 168 g/mol. The van der Waals surface area contributed by atoms with E-state index in [2.05, 4.69) is 24.5 Å². The van der Waals surface area contributed by atoms with Crippen LogP contribution in [0.25, 0.3) is 0 Å². The summed E-state index contributed by atoms with van der Waals surface area (Å²) < 4.78 is 0. The third kappa shape index (κ3) is 2.52. The molecule has 0 aliphatic heterocycles. The minimum absolute atomic E-state index is 0.458. The number of rotatable bonds is 2. The van der Waals surface area contributed by atoms with Crippen LogP contribution in [0, 0.1) is 6.92 Å². The van der Waals surface area contributed by atoms with Gasteiger partial charge < -0.3 is 5.11 Å². The summed E-state index contributed by atoms with van der Waals surface area (Å²) in [4.78, 5) is 4.84. The highest BCUT2D eigenvalue weighted by Gasteiger charge is 2.02. The fourth-order valence-corrected chi connectivity index (χ4v) is 1.05. The Balaban J connectivity index is 2.78. The van der Waals surface area contributed by atoms with Crippen molar-refractivity contribution in [3.63, 3.8) is 0 Å². The molecule has 11 heavy (non-hydrogen) atoms. The Morgan fingerprint density at radius 2 is 2.45 bits per heavy atom. The molecule has 1 atom stereocenters. The van der Waals surface area contributed by atoms with Crippen LogP contribution in [0.15, 0.2) is 23.2 Å². The van der Waals surface area contributed by atoms with Gasteiger partial charge in [-0.25, -0.2) is 0 Å². The lowest BCUT2D eigenvalue weighted by molar-refractivity contribution is 0.219. The minimum Gasteiger partial charge on any atom is -0.393 e. The molecule has 1 unspecified atom stereocenters. The van der Waals surface area contributed by atoms with Crippen LogP contribution < -0.4 is 0 Å². The van der Waals surface area contributed by atoms with Gasteiger partial charge >= 0.3 is 0 Å². The van der Waals surface area contributed by atoms with E-state index in [9.17, 15) is 0 Å². The van der Waals surface area contributed by atoms with Gasteiger partial charge in [0.05, 0.1) is 11.8 Å². The molecule has 1 aromatic rings. The summed E-state index contributed by atoms with van der Waals surface area (Å²) in [5.74, 6) is 0. The molecule has 0 saturated carbocycles. The molecule has 0 saturated heterocycles. The molecular formula is C8H10NOS. The van der Waals surface area contributed by atoms with Gasteiger partial charge in [-0.3, -0.25) is 4.98 Å². The highest BCUT2D eigenvalue weighted by atomic mass is 32.1. The Labute approximate surface area is 71.7 Å². The standard InChI is InChI=1S/C8H10NOS/c1-6(10)5-7-8(11)3-2-4-9-7/h2-4,6,10-11H,1,5H2. The van der Waals surface area contributed by atoms with E-state index in [1.807, 2.05) is 6.07 Å². The topological polar surface area (TPSA) is 33.1 Å². The highest BCUT2D eigenvalue weighted by molar-refractivity contribution is 7.80. The molecular weight excluding hydrogens is 158 g/mol. The van der Waals surface area contributed by atoms with Crippen LogP contribution in [0.5, 0.6) is 0 Å². The van der Waals surface area contributed by atoms with Crippen molar-refractivity contribution in [2.75, 3.05) is 0 Å². The van der Waals surface area contributed by atoms with Gasteiger partial charge in [0, 0.05) is 17.5 Å². The molecule has 1 N–H and O–H groups in total. The van der Waals surface area contributed by atoms with Crippen molar-refractivity contribution in [3.05, 3.63) is 30.9 Å². The van der Waals surface area contributed by atoms with Crippen LogP contribution in [0.3, 0.4) is 0 Å². The Morgan fingerprint density at radius 1 is 1.73 bits per heavy atom. The summed E-state index contributed by atoms with van der Waals surface area (Å²) >= 11 is 4.17. The minimum atomic E-state index is -0.601. The van der Waals surface area contributed by atoms with Crippen molar-refractivity contribution < 1.29 is 5.11 Å². The van der Waals surface area contributed by atoms with Crippen molar-refractivity contribution in [1.29, 1.82) is 0 Å². The first-order valence-corrected chi connectivity index (χ1v) is 3.79. The average Bonchev–Trinajstić information content (AvgIpc) is 1.93. The number of aromatic nitrogens is 1. The second-order valence-electron chi connectivity index (χ2n) is 2.33. The van der Waals surface area contributed by atoms with Crippen molar-refractivity contribution in [3.8, 4) is 0 Å². The summed E-state index contributed by atoms with van der Waals surface area (Å²) in [6.07, 6.45) is 1.53. The number of aliphatic hydroxyl groups excluding tert-OH is 1. The fraction of sp³-hybridized carbons (Fsp3) is 0.250. The first-order chi connectivity index (χ1) is 5.20. The Hall–Kier alpha value is -0.540. The Bertz CT molecular complexity index is 237. The zero-order chi connectivity index (χ0) is 8.27. The quantitative estimate of drug-likeness (QED) is 0.648. The largest absolute Gasteiger partial charge is 0.393 e. The highest BCUT2D eigenvalue weighted by Crippen LogP contribution is 2.11. The van der Waals surface area contributed by atoms with Gasteiger partial charge in [0.1, 0.15) is 0 Å². The maximum atomic E-state index is 8.95. The Kier molecular flexibility index (Phi) is 2.91. The zero-order valence-corrected chi connectivity index (χ0v) is 6.96. The number of pyridine rings is 1. The van der Waals surface area contributed by atoms with E-state index in [-0.39, 0.29) is 0 Å². The van der Waals surface area contributed by atoms with Gasteiger partial charge in [-0.05, 0) is 19.1 Å². The van der Waals surface area contributed by atoms with Crippen molar-refractivity contribution >= 4 is 12.6 Å². The van der Waals surface area contributed by atoms with Gasteiger partial charge in [-0.15, -0.1) is 12.6 Å². The third-order valence-corrected chi connectivity index (χ3v) is 1.70. The maximum absolute atomic E-state index is 8.95. The van der Waals surface area contributed by atoms with E-state index >= 15 is 0 Å². The van der Waals surface area contributed by atoms with Crippen LogP contribution in [0.2, 0.25) is 0 Å². The van der Waals surface area contributed by atoms with E-state index in [4.69, 9.17) is 5.11 Å². The van der Waals surface area contributed by atoms with Crippen LogP contribution in [-0.2, 0) is 6.42 Å². The summed E-state index contributed by atoms with van der Waals surface area (Å²) in [5, 5.41) is 8.95. The SMILES string of the molecule is [CH2]C(O)Cc1ncccc1S. The molecule has 59 valence electrons. The molecule has 0 amide bonds. The van der Waals surface area contributed by atoms with E-state index in [0.29, 0.717) is 6.42 Å². The van der Waals surface area contributed by atoms with E-state index in [1.165, 1.54) is 0 Å². The second-order valence-corrected chi connectivity index (χ2v) is 2.81. The zero-order valence-electron chi connectivity index (χ0n) is 6.07. The van der Waals surface area contributed by atoms with Gasteiger partial charge in [0.2, 0.25) is 0 Å². The predicted molar refractivity (Wildman–Crippen MR) is 46.6 cm³/mol. The molecule has 1 heterocycles. The molecule has 0 spiro atoms. The van der Waals surface area contributed by atoms with Crippen LogP contribution in [0.4, 0.5) is 0 Å². The number of hydrogen-bond acceptors (Lipinski definition) is 3. The lowest BCUT2D eigenvalue weighted by Crippen LogP contribution is -2.06. The first-order valence-electron chi connectivity index (χ1n) is 3.34. The predicted octanol–water partition coefficient (Wildman–Crippen LogP) is 1.11. The fourth-order valence-electron chi connectivity index (χ4n) is 0.810. The Morgan fingerprint density at radius 3 is 3.00 bits per heavy atom. The molecule has 0 aliphatic carbocycles. The van der Waals surface area contributed by atoms with Crippen LogP contribution in [0.1, 0.15) is 5.69 Å². The molecule has 3 heteroatoms. The summed E-state index contributed by atoms with van der Waals surface area (Å²) in [5.41, 5.74) is 0.790. The molecule has 0 aliphatic rings. The molecule has 0 aromatic carbocycles. The van der Waals surface area contributed by atoms with E-state index < -0.39 is 6.10 Å². The van der Waals surface area contributed by atoms with Crippen molar-refractivity contribution in [1.82, 2.24) is 4.98 Å². The number of nitrogens with zero attached hydrogens (tertiary/aromatic N) is 1.